The Morgan fingerprint density at radius 2 is 1.49 bits per heavy atom. The molecule has 5 nitrogen and oxygen atoms in total. The number of hydrogen-bond donors (Lipinski definition) is 1. The topological polar surface area (TPSA) is 60.9 Å². The van der Waals surface area contributed by atoms with E-state index in [9.17, 15) is 17.9 Å². The Balaban J connectivity index is 1.26. The van der Waals surface area contributed by atoms with Crippen LogP contribution in [0.15, 0.2) is 0 Å². The Kier molecular flexibility index (Phi) is 8.95. The van der Waals surface area contributed by atoms with Crippen molar-refractivity contribution in [1.29, 1.82) is 0 Å². The maximum absolute atomic E-state index is 14.3. The molecule has 2 saturated heterocycles. The fourth-order valence-corrected chi connectivity index (χ4v) is 11.8. The van der Waals surface area contributed by atoms with Gasteiger partial charge in [-0.15, -0.1) is 0 Å². The molecule has 0 radical (unpaired) electrons. The van der Waals surface area contributed by atoms with Gasteiger partial charge in [-0.2, -0.15) is 0 Å². The molecule has 5 aliphatic rings. The van der Waals surface area contributed by atoms with Gasteiger partial charge in [0.15, 0.2) is 0 Å². The number of alkyl halides is 1. The quantitative estimate of drug-likeness (QED) is 0.502. The third-order valence-corrected chi connectivity index (χ3v) is 14.5. The molecule has 2 heterocycles. The minimum Gasteiger partial charge on any atom is -0.395 e. The van der Waals surface area contributed by atoms with E-state index in [4.69, 9.17) is 0 Å². The van der Waals surface area contributed by atoms with Crippen LogP contribution >= 0.6 is 0 Å². The van der Waals surface area contributed by atoms with E-state index >= 15 is 0 Å². The molecule has 0 aromatic rings. The second-order valence-electron chi connectivity index (χ2n) is 13.7. The van der Waals surface area contributed by atoms with Crippen LogP contribution in [0.5, 0.6) is 0 Å². The van der Waals surface area contributed by atoms with Crippen molar-refractivity contribution in [2.75, 3.05) is 26.2 Å². The highest BCUT2D eigenvalue weighted by atomic mass is 32.2. The van der Waals surface area contributed by atoms with E-state index in [1.807, 2.05) is 4.31 Å². The van der Waals surface area contributed by atoms with E-state index in [1.54, 1.807) is 0 Å². The summed E-state index contributed by atoms with van der Waals surface area (Å²) in [5, 5.41) is 10.2. The van der Waals surface area contributed by atoms with E-state index in [-0.39, 0.29) is 35.8 Å². The van der Waals surface area contributed by atoms with Crippen molar-refractivity contribution in [2.24, 2.45) is 41.4 Å². The molecule has 0 aromatic carbocycles. The molecule has 2 aliphatic heterocycles. The summed E-state index contributed by atoms with van der Waals surface area (Å²) >= 11 is 0. The number of aliphatic hydroxyl groups is 1. The molecule has 3 saturated carbocycles. The molecule has 0 bridgehead atoms. The first kappa shape index (κ1) is 28.3. The fraction of sp³-hybridized carbons (Fsp3) is 1.00. The Hall–Kier alpha value is -0.240. The molecular formula is C30H53FN2O3S. The summed E-state index contributed by atoms with van der Waals surface area (Å²) < 4.78 is 43.9. The summed E-state index contributed by atoms with van der Waals surface area (Å²) in [5.74, 6) is 3.18. The Morgan fingerprint density at radius 3 is 2.19 bits per heavy atom. The first-order valence-corrected chi connectivity index (χ1v) is 17.2. The van der Waals surface area contributed by atoms with Crippen LogP contribution in [-0.2, 0) is 10.0 Å². The molecule has 7 heteroatoms. The highest BCUT2D eigenvalue weighted by molar-refractivity contribution is 7.89. The molecule has 5 rings (SSSR count). The lowest BCUT2D eigenvalue weighted by molar-refractivity contribution is -0.124. The van der Waals surface area contributed by atoms with Crippen LogP contribution in [0.2, 0.25) is 0 Å². The molecular weight excluding hydrogens is 487 g/mol. The van der Waals surface area contributed by atoms with Crippen molar-refractivity contribution in [2.45, 2.75) is 121 Å². The molecule has 0 aromatic heterocycles. The van der Waals surface area contributed by atoms with Gasteiger partial charge in [-0.1, -0.05) is 33.6 Å². The number of rotatable bonds is 5. The van der Waals surface area contributed by atoms with Crippen molar-refractivity contribution >= 4 is 10.0 Å². The average Bonchev–Trinajstić information content (AvgIpc) is 2.87. The normalized spacial score (nSPS) is 46.9. The molecule has 1 N–H and O–H groups in total. The molecule has 214 valence electrons. The Labute approximate surface area is 226 Å². The highest BCUT2D eigenvalue weighted by Crippen LogP contribution is 2.50. The van der Waals surface area contributed by atoms with Gasteiger partial charge >= 0.3 is 0 Å². The number of hydrogen-bond acceptors (Lipinski definition) is 4. The van der Waals surface area contributed by atoms with Crippen LogP contribution in [0.1, 0.15) is 97.8 Å². The SMILES string of the molecule is CC1CCCCC1S(=O)(=O)N1CCCCN2C(C1)[C@H](C1CCC(C3CCC(F)C(C)C3C)CC1)[C@H]2CO. The fourth-order valence-electron chi connectivity index (χ4n) is 9.51. The van der Waals surface area contributed by atoms with Crippen molar-refractivity contribution in [1.82, 2.24) is 9.21 Å². The number of fused-ring (bicyclic) bond motifs is 1. The van der Waals surface area contributed by atoms with Gasteiger partial charge < -0.3 is 5.11 Å². The molecule has 0 spiro atoms. The summed E-state index contributed by atoms with van der Waals surface area (Å²) in [5.41, 5.74) is 0. The van der Waals surface area contributed by atoms with Crippen LogP contribution in [0.25, 0.3) is 0 Å². The van der Waals surface area contributed by atoms with Crippen LogP contribution in [-0.4, -0.2) is 72.5 Å². The summed E-state index contributed by atoms with van der Waals surface area (Å²) in [4.78, 5) is 2.45. The lowest BCUT2D eigenvalue weighted by atomic mass is 9.60. The van der Waals surface area contributed by atoms with E-state index in [2.05, 4.69) is 25.7 Å². The van der Waals surface area contributed by atoms with Crippen molar-refractivity contribution in [3.05, 3.63) is 0 Å². The van der Waals surface area contributed by atoms with E-state index in [0.29, 0.717) is 42.7 Å². The predicted octanol–water partition coefficient (Wildman–Crippen LogP) is 5.48. The third kappa shape index (κ3) is 5.41. The minimum atomic E-state index is -3.30. The van der Waals surface area contributed by atoms with Gasteiger partial charge in [0.1, 0.15) is 6.17 Å². The molecule has 0 amide bonds. The van der Waals surface area contributed by atoms with E-state index in [1.165, 1.54) is 25.7 Å². The Bertz CT molecular complexity index is 863. The van der Waals surface area contributed by atoms with Gasteiger partial charge in [-0.05, 0) is 112 Å². The standard InChI is InChI=1S/C30H53FN2O3S/c1-20-8-4-5-9-29(20)37(35,36)32-16-6-7-17-33-27(18-32)30(28(33)19-34)24-12-10-23(11-13-24)25-14-15-26(31)22(3)21(25)2/h20-30,34H,4-19H2,1-3H3/t20?,21?,22?,23?,24?,25?,26?,27?,28-,29?,30+/m1/s1. The lowest BCUT2D eigenvalue weighted by Crippen LogP contribution is -2.71. The smallest absolute Gasteiger partial charge is 0.217 e. The largest absolute Gasteiger partial charge is 0.395 e. The second kappa shape index (κ2) is 11.7. The minimum absolute atomic E-state index is 0.171. The number of sulfonamides is 1. The molecule has 7 unspecified atom stereocenters. The average molecular weight is 541 g/mol. The van der Waals surface area contributed by atoms with Gasteiger partial charge in [0.05, 0.1) is 11.9 Å². The van der Waals surface area contributed by atoms with Crippen molar-refractivity contribution in [3.8, 4) is 0 Å². The van der Waals surface area contributed by atoms with Crippen LogP contribution in [0, 0.1) is 41.4 Å². The highest BCUT2D eigenvalue weighted by Gasteiger charge is 2.54. The zero-order valence-corrected chi connectivity index (χ0v) is 24.4. The summed E-state index contributed by atoms with van der Waals surface area (Å²) in [6.07, 6.45) is 11.8. The number of nitrogens with zero attached hydrogens (tertiary/aromatic N) is 2. The first-order chi connectivity index (χ1) is 17.7. The summed E-state index contributed by atoms with van der Waals surface area (Å²) in [6.45, 7) is 8.94. The second-order valence-corrected chi connectivity index (χ2v) is 15.8. The molecule has 5 fully saturated rings. The van der Waals surface area contributed by atoms with Crippen LogP contribution in [0.4, 0.5) is 4.39 Å². The van der Waals surface area contributed by atoms with Gasteiger partial charge in [0.25, 0.3) is 0 Å². The van der Waals surface area contributed by atoms with Crippen molar-refractivity contribution < 1.29 is 17.9 Å². The predicted molar refractivity (Wildman–Crippen MR) is 147 cm³/mol. The number of aliphatic hydroxyl groups excluding tert-OH is 1. The molecule has 37 heavy (non-hydrogen) atoms. The monoisotopic (exact) mass is 540 g/mol. The van der Waals surface area contributed by atoms with Crippen molar-refractivity contribution in [3.63, 3.8) is 0 Å². The maximum Gasteiger partial charge on any atom is 0.217 e. The Morgan fingerprint density at radius 1 is 0.811 bits per heavy atom. The number of halogens is 1. The zero-order chi connectivity index (χ0) is 26.3. The lowest BCUT2D eigenvalue weighted by Gasteiger charge is -2.60. The zero-order valence-electron chi connectivity index (χ0n) is 23.6. The van der Waals surface area contributed by atoms with Gasteiger partial charge in [0.2, 0.25) is 10.0 Å². The van der Waals surface area contributed by atoms with E-state index < -0.39 is 16.2 Å². The molecule has 9 atom stereocenters. The third-order valence-electron chi connectivity index (χ3n) is 12.0. The van der Waals surface area contributed by atoms with Gasteiger partial charge in [0, 0.05) is 25.2 Å². The maximum atomic E-state index is 14.3. The summed E-state index contributed by atoms with van der Waals surface area (Å²) in [6, 6.07) is 0.428. The first-order valence-electron chi connectivity index (χ1n) is 15.7. The van der Waals surface area contributed by atoms with Gasteiger partial charge in [-0.25, -0.2) is 17.1 Å². The summed E-state index contributed by atoms with van der Waals surface area (Å²) in [7, 11) is -3.30. The van der Waals surface area contributed by atoms with Crippen LogP contribution in [0.3, 0.4) is 0 Å². The molecule has 3 aliphatic carbocycles. The van der Waals surface area contributed by atoms with Crippen LogP contribution < -0.4 is 0 Å². The van der Waals surface area contributed by atoms with E-state index in [0.717, 1.165) is 57.9 Å². The van der Waals surface area contributed by atoms with Gasteiger partial charge in [-0.3, -0.25) is 4.90 Å².